The fraction of sp³-hybridized carbons (Fsp3) is 0.400. The van der Waals surface area contributed by atoms with Gasteiger partial charge in [0.05, 0.1) is 11.2 Å². The molecule has 1 saturated carbocycles. The fourth-order valence-corrected chi connectivity index (χ4v) is 4.97. The van der Waals surface area contributed by atoms with Crippen LogP contribution in [0.2, 0.25) is 5.02 Å². The summed E-state index contributed by atoms with van der Waals surface area (Å²) in [6.45, 7) is 3.98. The van der Waals surface area contributed by atoms with Crippen LogP contribution in [-0.4, -0.2) is 42.3 Å². The van der Waals surface area contributed by atoms with E-state index in [1.165, 1.54) is 6.20 Å². The minimum Gasteiger partial charge on any atom is -0.337 e. The number of halogens is 1. The van der Waals surface area contributed by atoms with Crippen molar-refractivity contribution in [1.29, 1.82) is 0 Å². The van der Waals surface area contributed by atoms with Crippen molar-refractivity contribution in [2.75, 3.05) is 5.32 Å². The molecule has 1 N–H and O–H groups in total. The molecule has 1 aliphatic carbocycles. The molecule has 3 atom stereocenters. The number of nitrogens with one attached hydrogen (secondary N) is 1. The van der Waals surface area contributed by atoms with Crippen LogP contribution in [0.3, 0.4) is 0 Å². The molecule has 154 valence electrons. The molecule has 2 aliphatic rings. The molecule has 9 nitrogen and oxygen atoms in total. The van der Waals surface area contributed by atoms with Crippen LogP contribution < -0.4 is 5.32 Å². The van der Waals surface area contributed by atoms with Gasteiger partial charge in [-0.1, -0.05) is 23.7 Å². The number of carbonyl (C=O) groups is 1. The van der Waals surface area contributed by atoms with Gasteiger partial charge in [-0.15, -0.1) is 5.10 Å². The Kier molecular flexibility index (Phi) is 4.43. The zero-order valence-corrected chi connectivity index (χ0v) is 17.3. The summed E-state index contributed by atoms with van der Waals surface area (Å²) in [7, 11) is 0. The van der Waals surface area contributed by atoms with Crippen LogP contribution in [0.5, 0.6) is 0 Å². The van der Waals surface area contributed by atoms with Gasteiger partial charge >= 0.3 is 6.03 Å². The van der Waals surface area contributed by atoms with E-state index in [1.807, 2.05) is 4.90 Å². The van der Waals surface area contributed by atoms with Crippen LogP contribution in [0.25, 0.3) is 11.4 Å². The van der Waals surface area contributed by atoms with Crippen molar-refractivity contribution in [2.24, 2.45) is 5.92 Å². The highest BCUT2D eigenvalue weighted by Gasteiger charge is 2.62. The lowest BCUT2D eigenvalue weighted by Crippen LogP contribution is -2.70. The zero-order chi connectivity index (χ0) is 20.9. The maximum atomic E-state index is 13.3. The van der Waals surface area contributed by atoms with Crippen molar-refractivity contribution >= 4 is 23.3 Å². The Balaban J connectivity index is 1.43. The lowest BCUT2D eigenvalue weighted by Gasteiger charge is -2.61. The van der Waals surface area contributed by atoms with E-state index in [1.54, 1.807) is 31.3 Å². The van der Waals surface area contributed by atoms with Gasteiger partial charge in [0.1, 0.15) is 5.54 Å². The van der Waals surface area contributed by atoms with E-state index >= 15 is 0 Å². The molecule has 1 saturated heterocycles. The number of piperidine rings is 1. The topological polar surface area (TPSA) is 110 Å². The predicted octanol–water partition coefficient (Wildman–Crippen LogP) is 3.82. The van der Waals surface area contributed by atoms with E-state index in [0.29, 0.717) is 39.7 Å². The molecule has 2 amide bonds. The number of carbonyl (C=O) groups excluding carboxylic acids is 1. The standard InChI is InChI=1S/C20H20ClN7O2/c1-11-7-14-10-20(9-11,18-24-12(2)27-30-18)28(14)19(29)25-13-3-4-16(21)15(8-13)17-22-5-6-23-26-17/h3-6,8,11,14H,7,9-10H2,1-2H3,(H,25,29)/t11-,14+,20-/m0/s1. The average molecular weight is 426 g/mol. The van der Waals surface area contributed by atoms with Crippen LogP contribution in [0.4, 0.5) is 10.5 Å². The van der Waals surface area contributed by atoms with Gasteiger partial charge in [-0.25, -0.2) is 9.78 Å². The average Bonchev–Trinajstić information content (AvgIpc) is 3.16. The lowest BCUT2D eigenvalue weighted by molar-refractivity contribution is -0.111. The molecule has 0 unspecified atom stereocenters. The molecule has 1 aromatic carbocycles. The summed E-state index contributed by atoms with van der Waals surface area (Å²) in [5.74, 6) is 1.95. The normalized spacial score (nSPS) is 25.0. The smallest absolute Gasteiger partial charge is 0.323 e. The summed E-state index contributed by atoms with van der Waals surface area (Å²) in [6, 6.07) is 5.16. The molecule has 30 heavy (non-hydrogen) atoms. The van der Waals surface area contributed by atoms with E-state index in [4.69, 9.17) is 16.1 Å². The minimum atomic E-state index is -0.546. The number of anilines is 1. The first kappa shape index (κ1) is 18.9. The molecule has 10 heteroatoms. The Morgan fingerprint density at radius 3 is 2.93 bits per heavy atom. The summed E-state index contributed by atoms with van der Waals surface area (Å²) < 4.78 is 5.49. The van der Waals surface area contributed by atoms with Gasteiger partial charge in [0.2, 0.25) is 0 Å². The molecule has 5 rings (SSSR count). The highest BCUT2D eigenvalue weighted by Crippen LogP contribution is 2.55. The third kappa shape index (κ3) is 3.00. The van der Waals surface area contributed by atoms with Crippen molar-refractivity contribution in [3.63, 3.8) is 0 Å². The molecule has 2 fully saturated rings. The number of aryl methyl sites for hydroxylation is 1. The van der Waals surface area contributed by atoms with Crippen LogP contribution in [0.1, 0.15) is 37.9 Å². The van der Waals surface area contributed by atoms with Gasteiger partial charge in [0, 0.05) is 29.9 Å². The molecule has 0 spiro atoms. The number of fused-ring (bicyclic) bond motifs is 2. The first-order chi connectivity index (χ1) is 14.5. The van der Waals surface area contributed by atoms with Crippen molar-refractivity contribution in [1.82, 2.24) is 30.2 Å². The largest absolute Gasteiger partial charge is 0.337 e. The zero-order valence-electron chi connectivity index (χ0n) is 16.5. The Hall–Kier alpha value is -3.07. The Bertz CT molecular complexity index is 1110. The number of likely N-dealkylation sites (tertiary alicyclic amines) is 1. The van der Waals surface area contributed by atoms with Gasteiger partial charge in [0.15, 0.2) is 11.6 Å². The van der Waals surface area contributed by atoms with Gasteiger partial charge in [0.25, 0.3) is 5.89 Å². The summed E-state index contributed by atoms with van der Waals surface area (Å²) in [4.78, 5) is 23.8. The first-order valence-electron chi connectivity index (χ1n) is 9.81. The molecule has 2 bridgehead atoms. The highest BCUT2D eigenvalue weighted by molar-refractivity contribution is 6.33. The second kappa shape index (κ2) is 7.02. The maximum Gasteiger partial charge on any atom is 0.323 e. The molecule has 1 aliphatic heterocycles. The Morgan fingerprint density at radius 2 is 2.20 bits per heavy atom. The molecular formula is C20H20ClN7O2. The number of urea groups is 1. The van der Waals surface area contributed by atoms with Gasteiger partial charge in [-0.3, -0.25) is 0 Å². The lowest BCUT2D eigenvalue weighted by atomic mass is 9.64. The molecular weight excluding hydrogens is 406 g/mol. The summed E-state index contributed by atoms with van der Waals surface area (Å²) in [5, 5.41) is 15.3. The third-order valence-corrected chi connectivity index (χ3v) is 6.18. The van der Waals surface area contributed by atoms with Crippen molar-refractivity contribution in [2.45, 2.75) is 44.7 Å². The van der Waals surface area contributed by atoms with Crippen LogP contribution in [0.15, 0.2) is 35.1 Å². The first-order valence-corrected chi connectivity index (χ1v) is 10.2. The molecule has 3 aromatic rings. The third-order valence-electron chi connectivity index (χ3n) is 5.85. The number of rotatable bonds is 3. The van der Waals surface area contributed by atoms with E-state index in [9.17, 15) is 4.79 Å². The fourth-order valence-electron chi connectivity index (χ4n) is 4.76. The van der Waals surface area contributed by atoms with Crippen molar-refractivity contribution in [3.05, 3.63) is 47.3 Å². The van der Waals surface area contributed by atoms with Crippen molar-refractivity contribution in [3.8, 4) is 11.4 Å². The Morgan fingerprint density at radius 1 is 1.33 bits per heavy atom. The van der Waals surface area contributed by atoms with Gasteiger partial charge < -0.3 is 14.7 Å². The number of amides is 2. The van der Waals surface area contributed by atoms with Crippen LogP contribution in [0, 0.1) is 12.8 Å². The summed E-state index contributed by atoms with van der Waals surface area (Å²) in [5.41, 5.74) is 0.652. The quantitative estimate of drug-likeness (QED) is 0.679. The minimum absolute atomic E-state index is 0.148. The van der Waals surface area contributed by atoms with Crippen LogP contribution >= 0.6 is 11.6 Å². The second-order valence-electron chi connectivity index (χ2n) is 8.04. The molecule has 3 heterocycles. The monoisotopic (exact) mass is 425 g/mol. The number of hydrogen-bond donors (Lipinski definition) is 1. The maximum absolute atomic E-state index is 13.3. The number of aromatic nitrogens is 5. The molecule has 0 radical (unpaired) electrons. The summed E-state index contributed by atoms with van der Waals surface area (Å²) >= 11 is 6.31. The number of hydrogen-bond acceptors (Lipinski definition) is 7. The highest BCUT2D eigenvalue weighted by atomic mass is 35.5. The SMILES string of the molecule is Cc1noc([C@]23C[C@@H](C)C[C@H](C2)N3C(=O)Nc2ccc(Cl)c(-c3nccnn3)c2)n1. The summed E-state index contributed by atoms with van der Waals surface area (Å²) in [6.07, 6.45) is 5.63. The van der Waals surface area contributed by atoms with Gasteiger partial charge in [-0.2, -0.15) is 10.1 Å². The number of benzene rings is 1. The molecule has 2 aromatic heterocycles. The van der Waals surface area contributed by atoms with Crippen molar-refractivity contribution < 1.29 is 9.32 Å². The number of nitrogens with zero attached hydrogens (tertiary/aromatic N) is 6. The van der Waals surface area contributed by atoms with E-state index in [-0.39, 0.29) is 12.1 Å². The van der Waals surface area contributed by atoms with Crippen LogP contribution in [-0.2, 0) is 5.54 Å². The van der Waals surface area contributed by atoms with E-state index < -0.39 is 5.54 Å². The Labute approximate surface area is 177 Å². The van der Waals surface area contributed by atoms with E-state index in [2.05, 4.69) is 37.6 Å². The van der Waals surface area contributed by atoms with E-state index in [0.717, 1.165) is 19.3 Å². The van der Waals surface area contributed by atoms with Gasteiger partial charge in [-0.05, 0) is 43.9 Å². The predicted molar refractivity (Wildman–Crippen MR) is 109 cm³/mol. The second-order valence-corrected chi connectivity index (χ2v) is 8.45.